The third kappa shape index (κ3) is 9.43. The summed E-state index contributed by atoms with van der Waals surface area (Å²) in [6.07, 6.45) is 5.72. The molecule has 0 unspecified atom stereocenters. The molecule has 0 radical (unpaired) electrons. The van der Waals surface area contributed by atoms with Gasteiger partial charge in [-0.1, -0.05) is 48.6 Å². The molecule has 1 heterocycles. The second-order valence-corrected chi connectivity index (χ2v) is 6.19. The van der Waals surface area contributed by atoms with Crippen LogP contribution in [-0.2, 0) is 16.1 Å². The largest absolute Gasteiger partial charge is 0.384 e. The third-order valence-electron chi connectivity index (χ3n) is 3.90. The molecule has 0 saturated heterocycles. The summed E-state index contributed by atoms with van der Waals surface area (Å²) in [6, 6.07) is 11.8. The molecule has 0 aliphatic heterocycles. The summed E-state index contributed by atoms with van der Waals surface area (Å²) in [7, 11) is 0. The van der Waals surface area contributed by atoms with Crippen molar-refractivity contribution < 1.29 is 9.59 Å². The van der Waals surface area contributed by atoms with Crippen molar-refractivity contribution >= 4 is 48.5 Å². The van der Waals surface area contributed by atoms with Crippen LogP contribution in [0.3, 0.4) is 0 Å². The van der Waals surface area contributed by atoms with Crippen molar-refractivity contribution in [3.8, 4) is 0 Å². The zero-order chi connectivity index (χ0) is 19.6. The maximum absolute atomic E-state index is 12.1. The Balaban J connectivity index is 0.00000392. The van der Waals surface area contributed by atoms with Gasteiger partial charge in [-0.25, -0.2) is 4.98 Å². The van der Waals surface area contributed by atoms with Crippen LogP contribution >= 0.6 is 24.8 Å². The number of nitrogens with one attached hydrogen (secondary N) is 2. The standard InChI is InChI=1S/C20H25N5O2.2ClH/c1-14(19(26)24-13-16-10-11-18(22)23-12-16)25-20(27)17(21)9-5-8-15-6-3-2-4-7-15;;/h2-8,10-12,14,17H,9,13,21H2,1H3,(H2,22,23)(H,24,26)(H,25,27);2*1H/b8-5+;;/t14-,17+;;/m0../s1. The van der Waals surface area contributed by atoms with Crippen LogP contribution < -0.4 is 22.1 Å². The molecule has 0 aliphatic rings. The minimum atomic E-state index is -0.721. The molecular formula is C20H27Cl2N5O2. The lowest BCUT2D eigenvalue weighted by atomic mass is 10.1. The quantitative estimate of drug-likeness (QED) is 0.501. The van der Waals surface area contributed by atoms with Crippen LogP contribution in [0.15, 0.2) is 54.7 Å². The number of carbonyl (C=O) groups excluding carboxylic acids is 2. The number of nitrogens with zero attached hydrogens (tertiary/aromatic N) is 1. The van der Waals surface area contributed by atoms with E-state index in [-0.39, 0.29) is 36.6 Å². The number of carbonyl (C=O) groups is 2. The van der Waals surface area contributed by atoms with Gasteiger partial charge in [0, 0.05) is 12.7 Å². The number of benzene rings is 1. The van der Waals surface area contributed by atoms with Crippen molar-refractivity contribution in [2.45, 2.75) is 32.0 Å². The summed E-state index contributed by atoms with van der Waals surface area (Å²) in [5.41, 5.74) is 13.3. The fourth-order valence-corrected chi connectivity index (χ4v) is 2.29. The lowest BCUT2D eigenvalue weighted by molar-refractivity contribution is -0.129. The fourth-order valence-electron chi connectivity index (χ4n) is 2.29. The van der Waals surface area contributed by atoms with Crippen LogP contribution in [-0.4, -0.2) is 28.9 Å². The first-order chi connectivity index (χ1) is 13.0. The van der Waals surface area contributed by atoms with Gasteiger partial charge in [0.1, 0.15) is 11.9 Å². The number of hydrogen-bond acceptors (Lipinski definition) is 5. The molecular weight excluding hydrogens is 413 g/mol. The predicted molar refractivity (Wildman–Crippen MR) is 121 cm³/mol. The summed E-state index contributed by atoms with van der Waals surface area (Å²) in [4.78, 5) is 28.2. The zero-order valence-electron chi connectivity index (χ0n) is 16.1. The molecule has 2 rings (SSSR count). The van der Waals surface area contributed by atoms with E-state index in [2.05, 4.69) is 15.6 Å². The van der Waals surface area contributed by atoms with E-state index in [1.165, 1.54) is 0 Å². The highest BCUT2D eigenvalue weighted by atomic mass is 35.5. The molecule has 0 bridgehead atoms. The van der Waals surface area contributed by atoms with Gasteiger partial charge >= 0.3 is 0 Å². The monoisotopic (exact) mass is 439 g/mol. The number of amides is 2. The predicted octanol–water partition coefficient (Wildman–Crippen LogP) is 2.06. The molecule has 0 aliphatic carbocycles. The SMILES string of the molecule is C[C@H](NC(=O)[C@H](N)C/C=C/c1ccccc1)C(=O)NCc1ccc(N)nc1.Cl.Cl. The Kier molecular flexibility index (Phi) is 12.3. The van der Waals surface area contributed by atoms with Crippen molar-refractivity contribution in [2.75, 3.05) is 5.73 Å². The molecule has 2 aromatic rings. The molecule has 0 fully saturated rings. The molecule has 0 spiro atoms. The number of hydrogen-bond donors (Lipinski definition) is 4. The van der Waals surface area contributed by atoms with Gasteiger partial charge in [-0.05, 0) is 30.5 Å². The number of aromatic nitrogens is 1. The minimum absolute atomic E-state index is 0. The van der Waals surface area contributed by atoms with E-state index in [1.54, 1.807) is 25.3 Å². The van der Waals surface area contributed by atoms with Crippen molar-refractivity contribution in [3.63, 3.8) is 0 Å². The average Bonchev–Trinajstić information content (AvgIpc) is 2.67. The van der Waals surface area contributed by atoms with E-state index in [9.17, 15) is 9.59 Å². The smallest absolute Gasteiger partial charge is 0.242 e. The number of halogens is 2. The molecule has 7 nitrogen and oxygen atoms in total. The second kappa shape index (κ2) is 13.5. The van der Waals surface area contributed by atoms with Crippen molar-refractivity contribution in [3.05, 3.63) is 65.9 Å². The molecule has 9 heteroatoms. The van der Waals surface area contributed by atoms with Crippen LogP contribution in [0.1, 0.15) is 24.5 Å². The van der Waals surface area contributed by atoms with E-state index >= 15 is 0 Å². The van der Waals surface area contributed by atoms with E-state index in [0.717, 1.165) is 11.1 Å². The van der Waals surface area contributed by atoms with Gasteiger partial charge in [0.05, 0.1) is 6.04 Å². The number of rotatable bonds is 8. The third-order valence-corrected chi connectivity index (χ3v) is 3.90. The summed E-state index contributed by atoms with van der Waals surface area (Å²) >= 11 is 0. The molecule has 6 N–H and O–H groups in total. The maximum Gasteiger partial charge on any atom is 0.242 e. The van der Waals surface area contributed by atoms with Crippen molar-refractivity contribution in [2.24, 2.45) is 5.73 Å². The lowest BCUT2D eigenvalue weighted by Gasteiger charge is -2.16. The maximum atomic E-state index is 12.1. The van der Waals surface area contributed by atoms with Gasteiger partial charge in [0.2, 0.25) is 11.8 Å². The Hall–Kier alpha value is -2.61. The van der Waals surface area contributed by atoms with Gasteiger partial charge < -0.3 is 22.1 Å². The molecule has 1 aromatic carbocycles. The van der Waals surface area contributed by atoms with E-state index in [1.807, 2.05) is 42.5 Å². The molecule has 2 amide bonds. The Bertz CT molecular complexity index is 785. The first-order valence-electron chi connectivity index (χ1n) is 8.71. The highest BCUT2D eigenvalue weighted by Crippen LogP contribution is 2.03. The number of anilines is 1. The summed E-state index contributed by atoms with van der Waals surface area (Å²) in [5, 5.41) is 5.37. The van der Waals surface area contributed by atoms with Gasteiger partial charge in [-0.3, -0.25) is 9.59 Å². The molecule has 2 atom stereocenters. The Labute approximate surface area is 183 Å². The first kappa shape index (κ1) is 26.4. The van der Waals surface area contributed by atoms with Crippen LogP contribution in [0, 0.1) is 0 Å². The van der Waals surface area contributed by atoms with Crippen LogP contribution in [0.25, 0.3) is 6.08 Å². The fraction of sp³-hybridized carbons (Fsp3) is 0.250. The summed E-state index contributed by atoms with van der Waals surface area (Å²) in [5.74, 6) is -0.252. The average molecular weight is 440 g/mol. The Morgan fingerprint density at radius 2 is 1.79 bits per heavy atom. The van der Waals surface area contributed by atoms with E-state index in [0.29, 0.717) is 18.8 Å². The normalized spacial score (nSPS) is 12.2. The molecule has 0 saturated carbocycles. The van der Waals surface area contributed by atoms with Crippen LogP contribution in [0.2, 0.25) is 0 Å². The molecule has 1 aromatic heterocycles. The van der Waals surface area contributed by atoms with Crippen molar-refractivity contribution in [1.29, 1.82) is 0 Å². The number of nitrogens with two attached hydrogens (primary N) is 2. The second-order valence-electron chi connectivity index (χ2n) is 6.19. The molecule has 158 valence electrons. The van der Waals surface area contributed by atoms with Crippen LogP contribution in [0.4, 0.5) is 5.82 Å². The van der Waals surface area contributed by atoms with Gasteiger partial charge in [-0.15, -0.1) is 24.8 Å². The highest BCUT2D eigenvalue weighted by Gasteiger charge is 2.19. The van der Waals surface area contributed by atoms with Gasteiger partial charge in [0.15, 0.2) is 0 Å². The number of nitrogen functional groups attached to an aromatic ring is 1. The Morgan fingerprint density at radius 3 is 2.41 bits per heavy atom. The van der Waals surface area contributed by atoms with Crippen molar-refractivity contribution in [1.82, 2.24) is 15.6 Å². The van der Waals surface area contributed by atoms with Crippen LogP contribution in [0.5, 0.6) is 0 Å². The Morgan fingerprint density at radius 1 is 1.10 bits per heavy atom. The van der Waals surface area contributed by atoms with E-state index < -0.39 is 12.1 Å². The number of pyridine rings is 1. The van der Waals surface area contributed by atoms with Gasteiger partial charge in [-0.2, -0.15) is 0 Å². The lowest BCUT2D eigenvalue weighted by Crippen LogP contribution is -2.50. The summed E-state index contributed by atoms with van der Waals surface area (Å²) < 4.78 is 0. The first-order valence-corrected chi connectivity index (χ1v) is 8.71. The molecule has 29 heavy (non-hydrogen) atoms. The minimum Gasteiger partial charge on any atom is -0.384 e. The zero-order valence-corrected chi connectivity index (χ0v) is 17.7. The summed E-state index contributed by atoms with van der Waals surface area (Å²) in [6.45, 7) is 1.92. The van der Waals surface area contributed by atoms with Gasteiger partial charge in [0.25, 0.3) is 0 Å². The highest BCUT2D eigenvalue weighted by molar-refractivity contribution is 5.89. The topological polar surface area (TPSA) is 123 Å². The van der Waals surface area contributed by atoms with E-state index in [4.69, 9.17) is 11.5 Å².